The Hall–Kier alpha value is -5.35. The zero-order valence-corrected chi connectivity index (χ0v) is 21.8. The zero-order valence-electron chi connectivity index (χ0n) is 21.8. The number of likely N-dealkylation sites (tertiary alicyclic amines) is 1. The van der Waals surface area contributed by atoms with Gasteiger partial charge in [0.2, 0.25) is 5.95 Å². The molecule has 0 bridgehead atoms. The van der Waals surface area contributed by atoms with Crippen LogP contribution >= 0.6 is 0 Å². The number of aromatic carboxylic acids is 2. The van der Waals surface area contributed by atoms with E-state index in [2.05, 4.69) is 25.6 Å². The lowest BCUT2D eigenvalue weighted by Crippen LogP contribution is -2.51. The van der Waals surface area contributed by atoms with E-state index in [0.717, 1.165) is 10.9 Å². The van der Waals surface area contributed by atoms with Crippen molar-refractivity contribution in [1.82, 2.24) is 39.1 Å². The van der Waals surface area contributed by atoms with Crippen LogP contribution in [0.2, 0.25) is 0 Å². The molecular weight excluding hydrogens is 531 g/mol. The van der Waals surface area contributed by atoms with E-state index in [1.54, 1.807) is 34.8 Å². The molecule has 0 spiro atoms. The number of carbonyl (C=O) groups excluding carboxylic acids is 2. The number of anilines is 2. The fourth-order valence-corrected chi connectivity index (χ4v) is 3.80. The van der Waals surface area contributed by atoms with Gasteiger partial charge in [-0.05, 0) is 12.1 Å². The van der Waals surface area contributed by atoms with Gasteiger partial charge in [-0.3, -0.25) is 19.0 Å². The third-order valence-electron chi connectivity index (χ3n) is 5.86. The number of pyridine rings is 1. The van der Waals surface area contributed by atoms with Crippen molar-refractivity contribution in [1.29, 1.82) is 0 Å². The van der Waals surface area contributed by atoms with Gasteiger partial charge in [-0.2, -0.15) is 15.2 Å². The number of halogens is 1. The van der Waals surface area contributed by atoms with E-state index in [-0.39, 0.29) is 35.6 Å². The minimum Gasteiger partial charge on any atom is -0.478 e. The van der Waals surface area contributed by atoms with Gasteiger partial charge in [0.05, 0.1) is 42.9 Å². The highest BCUT2D eigenvalue weighted by atomic mass is 19.1. The number of nitrogens with zero attached hydrogens (tertiary/aromatic N) is 9. The van der Waals surface area contributed by atoms with Crippen molar-refractivity contribution in [2.45, 2.75) is 6.17 Å². The Morgan fingerprint density at radius 2 is 1.60 bits per heavy atom. The maximum absolute atomic E-state index is 13.1. The third-order valence-corrected chi connectivity index (χ3v) is 5.86. The number of amides is 2. The summed E-state index contributed by atoms with van der Waals surface area (Å²) in [7, 11) is 6.61. The molecule has 0 aliphatic carbocycles. The van der Waals surface area contributed by atoms with Gasteiger partial charge in [-0.1, -0.05) is 0 Å². The van der Waals surface area contributed by atoms with Gasteiger partial charge in [0.15, 0.2) is 11.3 Å². The molecule has 0 aromatic carbocycles. The number of carbonyl (C=O) groups is 4. The van der Waals surface area contributed by atoms with Crippen LogP contribution in [0.4, 0.5) is 16.0 Å². The summed E-state index contributed by atoms with van der Waals surface area (Å²) in [5, 5.41) is 31.7. The second-order valence-corrected chi connectivity index (χ2v) is 8.96. The van der Waals surface area contributed by atoms with Crippen molar-refractivity contribution >= 4 is 41.0 Å². The van der Waals surface area contributed by atoms with Gasteiger partial charge in [-0.15, -0.1) is 5.10 Å². The predicted octanol–water partition coefficient (Wildman–Crippen LogP) is 0.392. The molecule has 1 aliphatic heterocycles. The first-order chi connectivity index (χ1) is 18.9. The van der Waals surface area contributed by atoms with E-state index in [1.165, 1.54) is 22.8 Å². The molecule has 3 N–H and O–H groups in total. The molecule has 1 fully saturated rings. The molecule has 5 rings (SSSR count). The van der Waals surface area contributed by atoms with Crippen LogP contribution < -0.4 is 10.2 Å². The monoisotopic (exact) mass is 556 g/mol. The molecule has 0 radical (unpaired) electrons. The zero-order chi connectivity index (χ0) is 29.3. The van der Waals surface area contributed by atoms with Crippen LogP contribution in [0.25, 0.3) is 5.65 Å². The predicted molar refractivity (Wildman–Crippen MR) is 136 cm³/mol. The second-order valence-electron chi connectivity index (χ2n) is 8.96. The number of fused-ring (bicyclic) bond motifs is 1. The van der Waals surface area contributed by atoms with Crippen molar-refractivity contribution in [3.8, 4) is 0 Å². The van der Waals surface area contributed by atoms with Crippen LogP contribution in [0.3, 0.4) is 0 Å². The summed E-state index contributed by atoms with van der Waals surface area (Å²) < 4.78 is 17.0. The Morgan fingerprint density at radius 3 is 2.15 bits per heavy atom. The summed E-state index contributed by atoms with van der Waals surface area (Å²) in [5.41, 5.74) is 0.757. The number of rotatable bonds is 6. The lowest BCUT2D eigenvalue weighted by atomic mass is 10.1. The topological polar surface area (TPSA) is 193 Å². The van der Waals surface area contributed by atoms with Crippen LogP contribution in [0.1, 0.15) is 41.7 Å². The van der Waals surface area contributed by atoms with Gasteiger partial charge in [0, 0.05) is 28.2 Å². The molecule has 4 aromatic heterocycles. The molecular formula is C23H25FN10O6. The van der Waals surface area contributed by atoms with E-state index < -0.39 is 29.9 Å². The number of carboxylic acid groups (broad SMARTS) is 2. The fourth-order valence-electron chi connectivity index (χ4n) is 3.80. The number of aromatic nitrogens is 7. The largest absolute Gasteiger partial charge is 0.478 e. The van der Waals surface area contributed by atoms with Crippen molar-refractivity contribution in [3.05, 3.63) is 53.2 Å². The molecule has 5 heterocycles. The summed E-state index contributed by atoms with van der Waals surface area (Å²) in [4.78, 5) is 53.7. The summed E-state index contributed by atoms with van der Waals surface area (Å²) in [6.07, 6.45) is 2.95. The van der Waals surface area contributed by atoms with E-state index in [1.807, 2.05) is 14.1 Å². The first-order valence-electron chi connectivity index (χ1n) is 11.7. The Balaban J connectivity index is 0.000000259. The minimum absolute atomic E-state index is 0.0337. The van der Waals surface area contributed by atoms with Gasteiger partial charge in [0.25, 0.3) is 11.8 Å². The Labute approximate surface area is 225 Å². The molecule has 40 heavy (non-hydrogen) atoms. The molecule has 1 aliphatic rings. The van der Waals surface area contributed by atoms with E-state index in [9.17, 15) is 23.6 Å². The van der Waals surface area contributed by atoms with E-state index in [0.29, 0.717) is 17.3 Å². The molecule has 2 amide bonds. The van der Waals surface area contributed by atoms with Crippen LogP contribution in [-0.4, -0.2) is 106 Å². The molecule has 210 valence electrons. The Bertz CT molecular complexity index is 1620. The average Bonchev–Trinajstić information content (AvgIpc) is 3.58. The molecule has 1 saturated heterocycles. The van der Waals surface area contributed by atoms with Gasteiger partial charge in [-0.25, -0.2) is 18.5 Å². The lowest BCUT2D eigenvalue weighted by molar-refractivity contribution is 0.0398. The van der Waals surface area contributed by atoms with Crippen LogP contribution in [0.5, 0.6) is 0 Å². The maximum Gasteiger partial charge on any atom is 0.355 e. The highest BCUT2D eigenvalue weighted by Gasteiger charge is 2.34. The molecule has 4 aromatic rings. The quantitative estimate of drug-likeness (QED) is 0.297. The summed E-state index contributed by atoms with van der Waals surface area (Å²) in [5.74, 6) is -2.95. The third kappa shape index (κ3) is 5.42. The first kappa shape index (κ1) is 27.7. The Morgan fingerprint density at radius 1 is 0.975 bits per heavy atom. The standard InChI is InChI=1S/C17H19FN8O2.C6H6N2O4/c1-23(2)17-21-13-5-4-11(9-26(13)22-17)20-15(27)14-12(6-19-24(14)3)16(28)25-7-10(18)8-25;1-8-4(6(11)12)3(2-7-8)5(9)10/h4-6,9-10H,7-8H2,1-3H3,(H,20,27);2H,1H3,(H,9,10)(H,11,12). The summed E-state index contributed by atoms with van der Waals surface area (Å²) in [6, 6.07) is 3.43. The van der Waals surface area contributed by atoms with Gasteiger partial charge < -0.3 is 25.3 Å². The first-order valence-corrected chi connectivity index (χ1v) is 11.7. The van der Waals surface area contributed by atoms with Crippen molar-refractivity contribution < 1.29 is 33.8 Å². The van der Waals surface area contributed by atoms with E-state index >= 15 is 0 Å². The number of carboxylic acids is 2. The highest BCUT2D eigenvalue weighted by Crippen LogP contribution is 2.20. The second kappa shape index (κ2) is 10.8. The summed E-state index contributed by atoms with van der Waals surface area (Å²) in [6.45, 7) is 0.0674. The number of nitrogens with one attached hydrogen (secondary N) is 1. The summed E-state index contributed by atoms with van der Waals surface area (Å²) >= 11 is 0. The number of hydrogen-bond donors (Lipinski definition) is 3. The maximum atomic E-state index is 13.1. The molecule has 16 nitrogen and oxygen atoms in total. The van der Waals surface area contributed by atoms with E-state index in [4.69, 9.17) is 10.2 Å². The van der Waals surface area contributed by atoms with Crippen LogP contribution in [0, 0.1) is 0 Å². The van der Waals surface area contributed by atoms with Crippen LogP contribution in [0.15, 0.2) is 30.7 Å². The number of alkyl halides is 1. The number of hydrogen-bond acceptors (Lipinski definition) is 9. The van der Waals surface area contributed by atoms with Crippen molar-refractivity contribution in [2.24, 2.45) is 14.1 Å². The minimum atomic E-state index is -1.30. The van der Waals surface area contributed by atoms with Crippen molar-refractivity contribution in [3.63, 3.8) is 0 Å². The van der Waals surface area contributed by atoms with Gasteiger partial charge >= 0.3 is 11.9 Å². The average molecular weight is 557 g/mol. The molecule has 0 saturated carbocycles. The fraction of sp³-hybridized carbons (Fsp3) is 0.304. The molecule has 17 heteroatoms. The van der Waals surface area contributed by atoms with Crippen LogP contribution in [-0.2, 0) is 14.1 Å². The smallest absolute Gasteiger partial charge is 0.355 e. The number of aryl methyl sites for hydroxylation is 2. The van der Waals surface area contributed by atoms with Crippen molar-refractivity contribution in [2.75, 3.05) is 37.4 Å². The highest BCUT2D eigenvalue weighted by molar-refractivity contribution is 6.11. The normalized spacial score (nSPS) is 12.9. The molecule has 0 atom stereocenters. The lowest BCUT2D eigenvalue weighted by Gasteiger charge is -2.34. The SMILES string of the molecule is CN(C)c1nc2ccc(NC(=O)c3c(C(=O)N4CC(F)C4)cnn3C)cn2n1.Cn1ncc(C(=O)O)c1C(=O)O. The Kier molecular flexibility index (Phi) is 7.47. The molecule has 0 unspecified atom stereocenters. The van der Waals surface area contributed by atoms with Gasteiger partial charge in [0.1, 0.15) is 17.4 Å².